The molecule has 3 atom stereocenters. The molecular formula is C25H38O5Si. The van der Waals surface area contributed by atoms with Crippen LogP contribution in [0.5, 0.6) is 0 Å². The molecule has 0 spiro atoms. The molecule has 0 aliphatic carbocycles. The van der Waals surface area contributed by atoms with Crippen molar-refractivity contribution in [3.05, 3.63) is 60.7 Å². The van der Waals surface area contributed by atoms with Crippen molar-refractivity contribution >= 4 is 18.7 Å². The van der Waals surface area contributed by atoms with Crippen LogP contribution in [-0.4, -0.2) is 57.4 Å². The first-order valence-electron chi connectivity index (χ1n) is 11.0. The van der Waals surface area contributed by atoms with Gasteiger partial charge in [0.15, 0.2) is 6.29 Å². The van der Waals surface area contributed by atoms with Crippen LogP contribution >= 0.6 is 0 Å². The summed E-state index contributed by atoms with van der Waals surface area (Å²) in [6, 6.07) is 21.2. The number of methoxy groups -OCH3 is 1. The van der Waals surface area contributed by atoms with Gasteiger partial charge in [-0.3, -0.25) is 0 Å². The predicted octanol–water partition coefficient (Wildman–Crippen LogP) is 3.07. The number of benzene rings is 2. The maximum Gasteiger partial charge on any atom is 0.261 e. The first-order chi connectivity index (χ1) is 14.8. The Balaban J connectivity index is 0.00000107. The molecule has 1 fully saturated rings. The molecule has 1 aliphatic heterocycles. The lowest BCUT2D eigenvalue weighted by Crippen LogP contribution is -2.68. The van der Waals surface area contributed by atoms with Gasteiger partial charge in [-0.05, 0) is 22.3 Å². The molecule has 6 heteroatoms. The van der Waals surface area contributed by atoms with Crippen molar-refractivity contribution in [2.45, 2.75) is 64.1 Å². The molecule has 2 N–H and O–H groups in total. The minimum atomic E-state index is -2.61. The van der Waals surface area contributed by atoms with Crippen LogP contribution in [0.15, 0.2) is 60.7 Å². The Kier molecular flexibility index (Phi) is 9.87. The Morgan fingerprint density at radius 2 is 1.42 bits per heavy atom. The summed E-state index contributed by atoms with van der Waals surface area (Å²) in [7, 11) is -0.971. The average molecular weight is 447 g/mol. The Hall–Kier alpha value is -1.54. The zero-order valence-corrected chi connectivity index (χ0v) is 20.5. The zero-order chi connectivity index (χ0) is 22.9. The molecule has 0 bridgehead atoms. The molecule has 1 aliphatic rings. The fraction of sp³-hybridized carbons (Fsp3) is 0.520. The smallest absolute Gasteiger partial charge is 0.261 e. The van der Waals surface area contributed by atoms with Crippen LogP contribution in [0.2, 0.25) is 5.04 Å². The van der Waals surface area contributed by atoms with E-state index >= 15 is 0 Å². The van der Waals surface area contributed by atoms with Crippen LogP contribution in [0.3, 0.4) is 0 Å². The fourth-order valence-corrected chi connectivity index (χ4v) is 8.94. The van der Waals surface area contributed by atoms with Crippen LogP contribution in [0, 0.1) is 0 Å². The third kappa shape index (κ3) is 6.25. The zero-order valence-electron chi connectivity index (χ0n) is 19.5. The van der Waals surface area contributed by atoms with Crippen molar-refractivity contribution in [2.75, 3.05) is 20.3 Å². The molecule has 1 saturated heterocycles. The first kappa shape index (κ1) is 25.7. The standard InChI is InChI=1S/C23H32O4Si.C2H6O/c1-23(2,3)28(20-11-7-5-8-12-20,21-13-9-6-10-14-21)27-18-15-19(17-24)26-22(16-18)25-4;1-2-3/h5-14,18-19,22,24H,15-17H2,1-4H3;3H,2H2,1H3. The van der Waals surface area contributed by atoms with Crippen LogP contribution in [0.25, 0.3) is 0 Å². The van der Waals surface area contributed by atoms with E-state index in [1.165, 1.54) is 10.4 Å². The van der Waals surface area contributed by atoms with Gasteiger partial charge in [-0.15, -0.1) is 0 Å². The van der Waals surface area contributed by atoms with Crippen molar-refractivity contribution in [2.24, 2.45) is 0 Å². The SMILES string of the molecule is CCO.COC1CC(O[Si](c2ccccc2)(c2ccccc2)C(C)(C)C)CC(CO)O1. The normalized spacial score (nSPS) is 21.8. The molecule has 2 aromatic carbocycles. The first-order valence-corrected chi connectivity index (χ1v) is 12.9. The van der Waals surface area contributed by atoms with Crippen LogP contribution in [-0.2, 0) is 13.9 Å². The Labute approximate surface area is 188 Å². The van der Waals surface area contributed by atoms with E-state index in [1.807, 2.05) is 12.1 Å². The van der Waals surface area contributed by atoms with E-state index in [9.17, 15) is 5.11 Å². The van der Waals surface area contributed by atoms with E-state index in [0.717, 1.165) is 0 Å². The number of aliphatic hydroxyl groups excluding tert-OH is 2. The second-order valence-electron chi connectivity index (χ2n) is 8.80. The highest BCUT2D eigenvalue weighted by atomic mass is 28.4. The summed E-state index contributed by atoms with van der Waals surface area (Å²) in [5.74, 6) is 0. The third-order valence-corrected chi connectivity index (χ3v) is 10.6. The highest BCUT2D eigenvalue weighted by Crippen LogP contribution is 2.39. The van der Waals surface area contributed by atoms with Gasteiger partial charge in [-0.2, -0.15) is 0 Å². The van der Waals surface area contributed by atoms with Crippen LogP contribution in [0.1, 0.15) is 40.5 Å². The van der Waals surface area contributed by atoms with E-state index in [-0.39, 0.29) is 36.7 Å². The van der Waals surface area contributed by atoms with E-state index < -0.39 is 8.32 Å². The van der Waals surface area contributed by atoms with Crippen LogP contribution in [0.4, 0.5) is 0 Å². The molecule has 3 unspecified atom stereocenters. The quantitative estimate of drug-likeness (QED) is 0.668. The summed E-state index contributed by atoms with van der Waals surface area (Å²) < 4.78 is 18.4. The van der Waals surface area contributed by atoms with Crippen molar-refractivity contribution < 1.29 is 24.1 Å². The lowest BCUT2D eigenvalue weighted by atomic mass is 10.1. The molecule has 31 heavy (non-hydrogen) atoms. The van der Waals surface area contributed by atoms with Gasteiger partial charge in [0.25, 0.3) is 8.32 Å². The third-order valence-electron chi connectivity index (χ3n) is 5.55. The number of rotatable bonds is 6. The molecule has 0 amide bonds. The van der Waals surface area contributed by atoms with E-state index in [4.69, 9.17) is 19.0 Å². The number of hydrogen-bond acceptors (Lipinski definition) is 5. The fourth-order valence-electron chi connectivity index (χ4n) is 4.24. The molecule has 2 aromatic rings. The highest BCUT2D eigenvalue weighted by Gasteiger charge is 2.52. The Morgan fingerprint density at radius 1 is 0.935 bits per heavy atom. The molecule has 0 radical (unpaired) electrons. The molecule has 0 saturated carbocycles. The maximum atomic E-state index is 9.69. The summed E-state index contributed by atoms with van der Waals surface area (Å²) in [5, 5.41) is 19.7. The number of aliphatic hydroxyl groups is 2. The molecule has 5 nitrogen and oxygen atoms in total. The van der Waals surface area contributed by atoms with E-state index in [2.05, 4.69) is 69.3 Å². The maximum absolute atomic E-state index is 9.69. The topological polar surface area (TPSA) is 68.2 Å². The van der Waals surface area contributed by atoms with E-state index in [1.54, 1.807) is 14.0 Å². The number of hydrogen-bond donors (Lipinski definition) is 2. The van der Waals surface area contributed by atoms with Gasteiger partial charge in [-0.1, -0.05) is 81.4 Å². The van der Waals surface area contributed by atoms with E-state index in [0.29, 0.717) is 12.8 Å². The predicted molar refractivity (Wildman–Crippen MR) is 127 cm³/mol. The van der Waals surface area contributed by atoms with Gasteiger partial charge in [0.2, 0.25) is 0 Å². The lowest BCUT2D eigenvalue weighted by molar-refractivity contribution is -0.208. The summed E-state index contributed by atoms with van der Waals surface area (Å²) in [6.45, 7) is 8.72. The van der Waals surface area contributed by atoms with Gasteiger partial charge in [0.1, 0.15) is 0 Å². The second kappa shape index (κ2) is 11.9. The van der Waals surface area contributed by atoms with Crippen molar-refractivity contribution in [1.82, 2.24) is 0 Å². The van der Waals surface area contributed by atoms with Gasteiger partial charge in [0, 0.05) is 26.6 Å². The summed E-state index contributed by atoms with van der Waals surface area (Å²) >= 11 is 0. The lowest BCUT2D eigenvalue weighted by Gasteiger charge is -2.47. The van der Waals surface area contributed by atoms with Crippen molar-refractivity contribution in [1.29, 1.82) is 0 Å². The molecule has 1 heterocycles. The van der Waals surface area contributed by atoms with Crippen LogP contribution < -0.4 is 10.4 Å². The summed E-state index contributed by atoms with van der Waals surface area (Å²) in [4.78, 5) is 0. The molecule has 3 rings (SSSR count). The average Bonchev–Trinajstić information content (AvgIpc) is 2.78. The molecule has 0 aromatic heterocycles. The molecule has 172 valence electrons. The van der Waals surface area contributed by atoms with Gasteiger partial charge >= 0.3 is 0 Å². The van der Waals surface area contributed by atoms with Crippen molar-refractivity contribution in [3.8, 4) is 0 Å². The Bertz CT molecular complexity index is 696. The minimum Gasteiger partial charge on any atom is -0.404 e. The Morgan fingerprint density at radius 3 is 1.81 bits per heavy atom. The van der Waals surface area contributed by atoms with Crippen molar-refractivity contribution in [3.63, 3.8) is 0 Å². The van der Waals surface area contributed by atoms with Gasteiger partial charge in [-0.25, -0.2) is 0 Å². The summed E-state index contributed by atoms with van der Waals surface area (Å²) in [5.41, 5.74) is 0. The van der Waals surface area contributed by atoms with Gasteiger partial charge < -0.3 is 24.1 Å². The monoisotopic (exact) mass is 446 g/mol. The minimum absolute atomic E-state index is 0.0273. The largest absolute Gasteiger partial charge is 0.404 e. The number of ether oxygens (including phenoxy) is 2. The second-order valence-corrected chi connectivity index (χ2v) is 13.0. The van der Waals surface area contributed by atoms with Gasteiger partial charge in [0.05, 0.1) is 18.8 Å². The summed E-state index contributed by atoms with van der Waals surface area (Å²) in [6.07, 6.45) is 0.677. The molecular weight excluding hydrogens is 408 g/mol. The highest BCUT2D eigenvalue weighted by molar-refractivity contribution is 6.99.